The van der Waals surface area contributed by atoms with Crippen LogP contribution >= 0.6 is 0 Å². The van der Waals surface area contributed by atoms with Crippen molar-refractivity contribution < 1.29 is 0 Å². The first-order valence-electron chi connectivity index (χ1n) is 6.78. The second-order valence-corrected chi connectivity index (χ2v) is 4.10. The molecular formula is C16H26. The Kier molecular flexibility index (Phi) is 11.5. The highest BCUT2D eigenvalue weighted by atomic mass is 13.9. The highest BCUT2D eigenvalue weighted by molar-refractivity contribution is 5.27. The van der Waals surface area contributed by atoms with E-state index in [-0.39, 0.29) is 0 Å². The topological polar surface area (TPSA) is 0 Å². The van der Waals surface area contributed by atoms with E-state index in [2.05, 4.69) is 44.4 Å². The molecule has 0 radical (unpaired) electrons. The molecule has 0 aliphatic carbocycles. The lowest BCUT2D eigenvalue weighted by molar-refractivity contribution is 0.737. The molecule has 0 saturated carbocycles. The Morgan fingerprint density at radius 3 is 2.38 bits per heavy atom. The second-order valence-electron chi connectivity index (χ2n) is 4.10. The third-order valence-corrected chi connectivity index (χ3v) is 2.41. The lowest BCUT2D eigenvalue weighted by Crippen LogP contribution is -1.79. The summed E-state index contributed by atoms with van der Waals surface area (Å²) < 4.78 is 0. The zero-order chi connectivity index (χ0) is 12.1. The van der Waals surface area contributed by atoms with Crippen molar-refractivity contribution in [2.45, 2.75) is 72.1 Å². The summed E-state index contributed by atoms with van der Waals surface area (Å²) in [7, 11) is 0. The molecule has 0 heteroatoms. The molecule has 0 heterocycles. The van der Waals surface area contributed by atoms with Crippen molar-refractivity contribution in [3.05, 3.63) is 17.4 Å². The number of unbranched alkanes of at least 4 members (excludes halogenated alkanes) is 4. The first-order chi connectivity index (χ1) is 7.85. The molecule has 0 nitrogen and oxygen atoms in total. The first kappa shape index (κ1) is 15.1. The van der Waals surface area contributed by atoms with Gasteiger partial charge in [-0.2, -0.15) is 0 Å². The van der Waals surface area contributed by atoms with E-state index in [1.54, 1.807) is 0 Å². The Morgan fingerprint density at radius 1 is 1.00 bits per heavy atom. The van der Waals surface area contributed by atoms with E-state index in [0.29, 0.717) is 0 Å². The summed E-state index contributed by atoms with van der Waals surface area (Å²) in [5.41, 5.74) is 4.51. The van der Waals surface area contributed by atoms with Crippen molar-refractivity contribution in [1.29, 1.82) is 0 Å². The SMILES string of the molecule is CCC=C=C(C#CCCCCC)CCCC. The van der Waals surface area contributed by atoms with E-state index < -0.39 is 0 Å². The molecule has 0 aromatic heterocycles. The molecule has 0 fully saturated rings. The molecule has 0 rings (SSSR count). The maximum absolute atomic E-state index is 3.31. The highest BCUT2D eigenvalue weighted by Crippen LogP contribution is 2.05. The summed E-state index contributed by atoms with van der Waals surface area (Å²) in [6.07, 6.45) is 11.5. The molecule has 0 atom stereocenters. The molecule has 0 amide bonds. The van der Waals surface area contributed by atoms with Crippen LogP contribution in [-0.2, 0) is 0 Å². The van der Waals surface area contributed by atoms with Crippen molar-refractivity contribution in [3.8, 4) is 11.8 Å². The summed E-state index contributed by atoms with van der Waals surface area (Å²) in [4.78, 5) is 0. The Bertz CT molecular complexity index is 266. The van der Waals surface area contributed by atoms with Gasteiger partial charge in [0.05, 0.1) is 0 Å². The van der Waals surface area contributed by atoms with Gasteiger partial charge in [0.25, 0.3) is 0 Å². The van der Waals surface area contributed by atoms with E-state index in [9.17, 15) is 0 Å². The van der Waals surface area contributed by atoms with Crippen molar-refractivity contribution in [2.75, 3.05) is 0 Å². The van der Waals surface area contributed by atoms with Crippen molar-refractivity contribution in [1.82, 2.24) is 0 Å². The third kappa shape index (κ3) is 9.63. The first-order valence-corrected chi connectivity index (χ1v) is 6.78. The van der Waals surface area contributed by atoms with Crippen LogP contribution in [0.5, 0.6) is 0 Å². The zero-order valence-electron chi connectivity index (χ0n) is 11.2. The predicted octanol–water partition coefficient (Wildman–Crippen LogP) is 5.25. The van der Waals surface area contributed by atoms with E-state index in [0.717, 1.165) is 19.3 Å². The van der Waals surface area contributed by atoms with Gasteiger partial charge in [0.1, 0.15) is 0 Å². The van der Waals surface area contributed by atoms with Crippen LogP contribution in [0.2, 0.25) is 0 Å². The van der Waals surface area contributed by atoms with Gasteiger partial charge in [-0.05, 0) is 31.8 Å². The fraction of sp³-hybridized carbons (Fsp3) is 0.688. The van der Waals surface area contributed by atoms with Crippen LogP contribution in [0.3, 0.4) is 0 Å². The van der Waals surface area contributed by atoms with Crippen LogP contribution in [-0.4, -0.2) is 0 Å². The largest absolute Gasteiger partial charge is 0.113 e. The summed E-state index contributed by atoms with van der Waals surface area (Å²) in [5, 5.41) is 0. The number of rotatable bonds is 7. The average molecular weight is 218 g/mol. The summed E-state index contributed by atoms with van der Waals surface area (Å²) in [5.74, 6) is 6.54. The second kappa shape index (κ2) is 12.2. The molecule has 16 heavy (non-hydrogen) atoms. The molecule has 0 saturated heterocycles. The Morgan fingerprint density at radius 2 is 1.75 bits per heavy atom. The van der Waals surface area contributed by atoms with Gasteiger partial charge in [-0.1, -0.05) is 51.9 Å². The lowest BCUT2D eigenvalue weighted by atomic mass is 10.1. The fourth-order valence-corrected chi connectivity index (χ4v) is 1.38. The van der Waals surface area contributed by atoms with E-state index in [1.807, 2.05) is 0 Å². The van der Waals surface area contributed by atoms with Gasteiger partial charge >= 0.3 is 0 Å². The van der Waals surface area contributed by atoms with Gasteiger partial charge in [0, 0.05) is 12.0 Å². The minimum atomic E-state index is 1.04. The normalized spacial score (nSPS) is 8.94. The maximum atomic E-state index is 3.31. The van der Waals surface area contributed by atoms with Gasteiger partial charge in [0.2, 0.25) is 0 Å². The standard InChI is InChI=1S/C16H26/c1-4-7-10-11-12-15-16(13-8-5-2)14-9-6-3/h8H,4-7,9-11,14H2,1-3H3. The van der Waals surface area contributed by atoms with Crippen molar-refractivity contribution in [3.63, 3.8) is 0 Å². The number of allylic oxidation sites excluding steroid dienone is 1. The van der Waals surface area contributed by atoms with E-state index in [4.69, 9.17) is 0 Å². The van der Waals surface area contributed by atoms with Crippen LogP contribution in [0, 0.1) is 11.8 Å². The molecular weight excluding hydrogens is 192 g/mol. The minimum Gasteiger partial charge on any atom is -0.113 e. The van der Waals surface area contributed by atoms with E-state index in [1.165, 1.54) is 37.7 Å². The van der Waals surface area contributed by atoms with Crippen LogP contribution in [0.4, 0.5) is 0 Å². The lowest BCUT2D eigenvalue weighted by Gasteiger charge is -1.94. The molecule has 0 unspecified atom stereocenters. The fourth-order valence-electron chi connectivity index (χ4n) is 1.38. The summed E-state index contributed by atoms with van der Waals surface area (Å²) in [6.45, 7) is 6.58. The summed E-state index contributed by atoms with van der Waals surface area (Å²) in [6, 6.07) is 0. The van der Waals surface area contributed by atoms with Gasteiger partial charge in [-0.25, -0.2) is 0 Å². The van der Waals surface area contributed by atoms with Gasteiger partial charge in [0.15, 0.2) is 0 Å². The third-order valence-electron chi connectivity index (χ3n) is 2.41. The quantitative estimate of drug-likeness (QED) is 0.311. The molecule has 0 bridgehead atoms. The Balaban J connectivity index is 4.14. The Labute approximate surface area is 102 Å². The predicted molar refractivity (Wildman–Crippen MR) is 73.3 cm³/mol. The van der Waals surface area contributed by atoms with Crippen LogP contribution in [0.1, 0.15) is 72.1 Å². The highest BCUT2D eigenvalue weighted by Gasteiger charge is 1.90. The molecule has 90 valence electrons. The zero-order valence-corrected chi connectivity index (χ0v) is 11.2. The molecule has 0 aliphatic rings. The van der Waals surface area contributed by atoms with Gasteiger partial charge in [-0.3, -0.25) is 0 Å². The molecule has 0 aromatic rings. The van der Waals surface area contributed by atoms with Crippen LogP contribution in [0.25, 0.3) is 0 Å². The maximum Gasteiger partial charge on any atom is 0.0434 e. The van der Waals surface area contributed by atoms with E-state index >= 15 is 0 Å². The molecule has 0 N–H and O–H groups in total. The molecule has 0 spiro atoms. The van der Waals surface area contributed by atoms with Crippen LogP contribution in [0.15, 0.2) is 17.4 Å². The molecule has 0 aliphatic heterocycles. The monoisotopic (exact) mass is 218 g/mol. The average Bonchev–Trinajstić information content (AvgIpc) is 2.31. The van der Waals surface area contributed by atoms with Gasteiger partial charge in [-0.15, -0.1) is 5.73 Å². The van der Waals surface area contributed by atoms with Crippen LogP contribution < -0.4 is 0 Å². The molecule has 0 aromatic carbocycles. The minimum absolute atomic E-state index is 1.04. The van der Waals surface area contributed by atoms with Crippen molar-refractivity contribution in [2.24, 2.45) is 0 Å². The van der Waals surface area contributed by atoms with Gasteiger partial charge < -0.3 is 0 Å². The smallest absolute Gasteiger partial charge is 0.0434 e. The Hall–Kier alpha value is -0.920. The number of hydrogen-bond donors (Lipinski definition) is 0. The number of hydrogen-bond acceptors (Lipinski definition) is 0. The van der Waals surface area contributed by atoms with Crippen molar-refractivity contribution >= 4 is 0 Å². The summed E-state index contributed by atoms with van der Waals surface area (Å²) >= 11 is 0.